The van der Waals surface area contributed by atoms with E-state index in [-0.39, 0.29) is 5.41 Å². The average molecular weight is 313 g/mol. The van der Waals surface area contributed by atoms with Crippen molar-refractivity contribution in [3.63, 3.8) is 0 Å². The van der Waals surface area contributed by atoms with Crippen molar-refractivity contribution in [1.29, 1.82) is 0 Å². The molecule has 0 spiro atoms. The number of hydrogen-bond donors (Lipinski definition) is 0. The first-order valence-corrected chi connectivity index (χ1v) is 7.94. The van der Waals surface area contributed by atoms with Gasteiger partial charge in [-0.1, -0.05) is 15.9 Å². The second kappa shape index (κ2) is 4.64. The zero-order valence-corrected chi connectivity index (χ0v) is 12.7. The molecule has 3 rings (SSSR count). The minimum Gasteiger partial charge on any atom is -0.377 e. The molecule has 4 heteroatoms. The molecule has 3 nitrogen and oxygen atoms in total. The van der Waals surface area contributed by atoms with Crippen LogP contribution in [0.1, 0.15) is 30.7 Å². The Balaban J connectivity index is 1.84. The molecule has 1 aromatic heterocycles. The highest BCUT2D eigenvalue weighted by Crippen LogP contribution is 2.50. The fraction of sp³-hybridized carbons (Fsp3) is 0.786. The Kier molecular flexibility index (Phi) is 3.27. The van der Waals surface area contributed by atoms with E-state index in [4.69, 9.17) is 4.74 Å². The van der Waals surface area contributed by atoms with Crippen molar-refractivity contribution in [1.82, 2.24) is 9.78 Å². The van der Waals surface area contributed by atoms with Crippen LogP contribution in [0, 0.1) is 18.3 Å². The first kappa shape index (κ1) is 12.7. The van der Waals surface area contributed by atoms with Crippen LogP contribution in [0.4, 0.5) is 0 Å². The normalized spacial score (nSPS) is 32.1. The molecule has 18 heavy (non-hydrogen) atoms. The number of ether oxygens (including phenoxy) is 1. The van der Waals surface area contributed by atoms with Crippen LogP contribution in [0.15, 0.2) is 6.07 Å². The lowest BCUT2D eigenvalue weighted by molar-refractivity contribution is 0.0406. The van der Waals surface area contributed by atoms with Gasteiger partial charge in [0, 0.05) is 30.1 Å². The molecule has 1 aliphatic carbocycles. The van der Waals surface area contributed by atoms with E-state index in [9.17, 15) is 0 Å². The molecule has 2 fully saturated rings. The van der Waals surface area contributed by atoms with E-state index in [1.54, 1.807) is 0 Å². The molecule has 1 aliphatic heterocycles. The minimum atomic E-state index is 0.279. The summed E-state index contributed by atoms with van der Waals surface area (Å²) >= 11 is 3.75. The Hall–Kier alpha value is -0.350. The second-order valence-corrected chi connectivity index (χ2v) is 6.51. The molecule has 2 atom stereocenters. The maximum absolute atomic E-state index is 6.04. The van der Waals surface area contributed by atoms with Gasteiger partial charge in [-0.05, 0) is 44.6 Å². The lowest BCUT2D eigenvalue weighted by Gasteiger charge is -2.32. The van der Waals surface area contributed by atoms with Crippen LogP contribution >= 0.6 is 15.9 Å². The molecular formula is C14H21BrN2O. The number of rotatable bonds is 4. The highest BCUT2D eigenvalue weighted by atomic mass is 79.9. The molecule has 0 aromatic carbocycles. The summed E-state index contributed by atoms with van der Waals surface area (Å²) in [5.41, 5.74) is 2.73. The third kappa shape index (κ3) is 2.14. The fourth-order valence-electron chi connectivity index (χ4n) is 3.31. The minimum absolute atomic E-state index is 0.279. The van der Waals surface area contributed by atoms with E-state index in [1.807, 2.05) is 11.7 Å². The molecule has 0 N–H and O–H groups in total. The van der Waals surface area contributed by atoms with E-state index < -0.39 is 0 Å². The second-order valence-electron chi connectivity index (χ2n) is 5.95. The van der Waals surface area contributed by atoms with Crippen LogP contribution in [0.3, 0.4) is 0 Å². The van der Waals surface area contributed by atoms with Gasteiger partial charge in [-0.2, -0.15) is 5.10 Å². The number of alkyl halides is 1. The molecule has 1 aromatic rings. The summed E-state index contributed by atoms with van der Waals surface area (Å²) in [4.78, 5) is 0. The smallest absolute Gasteiger partial charge is 0.0672 e. The molecule has 2 heterocycles. The average Bonchev–Trinajstić information content (AvgIpc) is 3.02. The lowest BCUT2D eigenvalue weighted by Crippen LogP contribution is -2.37. The molecule has 0 bridgehead atoms. The van der Waals surface area contributed by atoms with Crippen LogP contribution in [0.5, 0.6) is 0 Å². The molecule has 2 unspecified atom stereocenters. The molecule has 100 valence electrons. The Labute approximate surface area is 117 Å². The molecule has 0 radical (unpaired) electrons. The largest absolute Gasteiger partial charge is 0.377 e. The predicted molar refractivity (Wildman–Crippen MR) is 75.0 cm³/mol. The highest BCUT2D eigenvalue weighted by Gasteiger charge is 2.50. The van der Waals surface area contributed by atoms with Gasteiger partial charge in [0.15, 0.2) is 0 Å². The fourth-order valence-corrected chi connectivity index (χ4v) is 4.11. The van der Waals surface area contributed by atoms with Gasteiger partial charge in [0.1, 0.15) is 0 Å². The Morgan fingerprint density at radius 3 is 2.89 bits per heavy atom. The summed E-state index contributed by atoms with van der Waals surface area (Å²) in [5, 5.41) is 5.50. The molecule has 2 aliphatic rings. The van der Waals surface area contributed by atoms with Crippen LogP contribution in [-0.2, 0) is 18.2 Å². The molecule has 1 saturated carbocycles. The van der Waals surface area contributed by atoms with Crippen LogP contribution in [-0.4, -0.2) is 27.8 Å². The summed E-state index contributed by atoms with van der Waals surface area (Å²) in [5.74, 6) is 0.805. The van der Waals surface area contributed by atoms with Gasteiger partial charge in [0.25, 0.3) is 0 Å². The summed E-state index contributed by atoms with van der Waals surface area (Å²) in [7, 11) is 2.05. The first-order chi connectivity index (χ1) is 8.64. The van der Waals surface area contributed by atoms with Crippen molar-refractivity contribution in [2.75, 3.05) is 11.9 Å². The van der Waals surface area contributed by atoms with Gasteiger partial charge in [0.05, 0.1) is 11.8 Å². The van der Waals surface area contributed by atoms with Crippen molar-refractivity contribution < 1.29 is 4.74 Å². The Bertz CT molecular complexity index is 441. The van der Waals surface area contributed by atoms with Crippen molar-refractivity contribution in [3.8, 4) is 0 Å². The van der Waals surface area contributed by atoms with Gasteiger partial charge in [-0.15, -0.1) is 0 Å². The molecule has 0 amide bonds. The standard InChI is InChI=1S/C14H21BrN2O/c1-10-7-12(17(2)16-10)8-14(9-15)5-6-18-13(14)11-3-4-11/h7,11,13H,3-6,8-9H2,1-2H3. The monoisotopic (exact) mass is 312 g/mol. The highest BCUT2D eigenvalue weighted by molar-refractivity contribution is 9.09. The zero-order valence-electron chi connectivity index (χ0n) is 11.2. The number of nitrogens with zero attached hydrogens (tertiary/aromatic N) is 2. The van der Waals surface area contributed by atoms with Gasteiger partial charge in [-0.25, -0.2) is 0 Å². The summed E-state index contributed by atoms with van der Waals surface area (Å²) < 4.78 is 8.07. The van der Waals surface area contributed by atoms with E-state index in [0.717, 1.165) is 30.0 Å². The van der Waals surface area contributed by atoms with Gasteiger partial charge in [-0.3, -0.25) is 4.68 Å². The number of hydrogen-bond acceptors (Lipinski definition) is 2. The van der Waals surface area contributed by atoms with Crippen LogP contribution in [0.2, 0.25) is 0 Å². The molecular weight excluding hydrogens is 292 g/mol. The van der Waals surface area contributed by atoms with E-state index in [2.05, 4.69) is 34.0 Å². The third-order valence-corrected chi connectivity index (χ3v) is 5.57. The van der Waals surface area contributed by atoms with Gasteiger partial charge < -0.3 is 4.74 Å². The van der Waals surface area contributed by atoms with Gasteiger partial charge >= 0.3 is 0 Å². The van der Waals surface area contributed by atoms with E-state index in [0.29, 0.717) is 6.10 Å². The quantitative estimate of drug-likeness (QED) is 0.799. The number of aryl methyl sites for hydroxylation is 2. The van der Waals surface area contributed by atoms with Crippen molar-refractivity contribution in [3.05, 3.63) is 17.5 Å². The first-order valence-electron chi connectivity index (χ1n) is 6.82. The predicted octanol–water partition coefficient (Wildman–Crippen LogP) is 2.85. The zero-order chi connectivity index (χ0) is 12.8. The summed E-state index contributed by atoms with van der Waals surface area (Å²) in [6.45, 7) is 2.98. The van der Waals surface area contributed by atoms with Crippen molar-refractivity contribution in [2.45, 2.75) is 38.7 Å². The third-order valence-electron chi connectivity index (χ3n) is 4.45. The summed E-state index contributed by atoms with van der Waals surface area (Å²) in [6.07, 6.45) is 5.40. The Morgan fingerprint density at radius 1 is 1.56 bits per heavy atom. The van der Waals surface area contributed by atoms with Crippen molar-refractivity contribution >= 4 is 15.9 Å². The number of aromatic nitrogens is 2. The number of halogens is 1. The maximum Gasteiger partial charge on any atom is 0.0672 e. The molecule has 1 saturated heterocycles. The van der Waals surface area contributed by atoms with E-state index in [1.165, 1.54) is 25.0 Å². The lowest BCUT2D eigenvalue weighted by atomic mass is 9.77. The van der Waals surface area contributed by atoms with Crippen molar-refractivity contribution in [2.24, 2.45) is 18.4 Å². The topological polar surface area (TPSA) is 27.1 Å². The van der Waals surface area contributed by atoms with Crippen LogP contribution in [0.25, 0.3) is 0 Å². The SMILES string of the molecule is Cc1cc(CC2(CBr)CCOC2C2CC2)n(C)n1. The van der Waals surface area contributed by atoms with E-state index >= 15 is 0 Å². The van der Waals surface area contributed by atoms with Gasteiger partial charge in [0.2, 0.25) is 0 Å². The Morgan fingerprint density at radius 2 is 2.33 bits per heavy atom. The summed E-state index contributed by atoms with van der Waals surface area (Å²) in [6, 6.07) is 2.21. The maximum atomic E-state index is 6.04. The van der Waals surface area contributed by atoms with Crippen LogP contribution < -0.4 is 0 Å².